The molecule has 0 aliphatic rings. The lowest BCUT2D eigenvalue weighted by molar-refractivity contribution is -0.139. The molecule has 2 N–H and O–H groups in total. The number of carboxylic acids is 1. The first kappa shape index (κ1) is 14.7. The maximum absolute atomic E-state index is 11.2. The van der Waals surface area contributed by atoms with Crippen LogP contribution in [0.2, 0.25) is 0 Å². The van der Waals surface area contributed by atoms with Crippen LogP contribution in [-0.4, -0.2) is 37.5 Å². The SMILES string of the molecule is CC(CS(C)(=O)=O)NC(C(=O)O)c1ccccc1. The van der Waals surface area contributed by atoms with Gasteiger partial charge < -0.3 is 5.11 Å². The molecular weight excluding hydrogens is 254 g/mol. The molecule has 0 aromatic heterocycles. The quantitative estimate of drug-likeness (QED) is 0.801. The predicted octanol–water partition coefficient (Wildman–Crippen LogP) is 0.835. The molecule has 0 heterocycles. The normalized spacial score (nSPS) is 15.0. The molecule has 100 valence electrons. The second-order valence-electron chi connectivity index (χ2n) is 4.34. The van der Waals surface area contributed by atoms with Crippen molar-refractivity contribution >= 4 is 15.8 Å². The standard InChI is InChI=1S/C12H17NO4S/c1-9(8-18(2,16)17)13-11(12(14)15)10-6-4-3-5-7-10/h3-7,9,11,13H,8H2,1-2H3,(H,14,15). The summed E-state index contributed by atoms with van der Waals surface area (Å²) in [5.74, 6) is -1.12. The lowest BCUT2D eigenvalue weighted by Crippen LogP contribution is -2.39. The van der Waals surface area contributed by atoms with E-state index in [-0.39, 0.29) is 5.75 Å². The fourth-order valence-corrected chi connectivity index (χ4v) is 2.75. The van der Waals surface area contributed by atoms with Crippen molar-refractivity contribution in [2.24, 2.45) is 0 Å². The van der Waals surface area contributed by atoms with E-state index < -0.39 is 27.9 Å². The molecule has 0 bridgehead atoms. The highest BCUT2D eigenvalue weighted by Crippen LogP contribution is 2.13. The Hall–Kier alpha value is -1.40. The van der Waals surface area contributed by atoms with E-state index in [9.17, 15) is 13.2 Å². The molecule has 0 fully saturated rings. The van der Waals surface area contributed by atoms with Crippen molar-refractivity contribution in [3.63, 3.8) is 0 Å². The average molecular weight is 271 g/mol. The number of carbonyl (C=O) groups is 1. The van der Waals surface area contributed by atoms with Crippen LogP contribution in [0.15, 0.2) is 30.3 Å². The van der Waals surface area contributed by atoms with Crippen LogP contribution in [0.1, 0.15) is 18.5 Å². The molecule has 2 unspecified atom stereocenters. The van der Waals surface area contributed by atoms with Gasteiger partial charge in [0.05, 0.1) is 5.75 Å². The summed E-state index contributed by atoms with van der Waals surface area (Å²) in [4.78, 5) is 11.2. The van der Waals surface area contributed by atoms with Crippen molar-refractivity contribution in [3.8, 4) is 0 Å². The Morgan fingerprint density at radius 3 is 2.33 bits per heavy atom. The number of aliphatic carboxylic acids is 1. The summed E-state index contributed by atoms with van der Waals surface area (Å²) >= 11 is 0. The fourth-order valence-electron chi connectivity index (χ4n) is 1.74. The third-order valence-electron chi connectivity index (χ3n) is 2.38. The molecule has 0 saturated carbocycles. The first-order chi connectivity index (χ1) is 8.29. The number of rotatable bonds is 6. The molecule has 0 amide bonds. The zero-order valence-corrected chi connectivity index (χ0v) is 11.1. The fraction of sp³-hybridized carbons (Fsp3) is 0.417. The summed E-state index contributed by atoms with van der Waals surface area (Å²) < 4.78 is 22.3. The molecule has 0 aliphatic carbocycles. The summed E-state index contributed by atoms with van der Waals surface area (Å²) in [6.45, 7) is 1.65. The maximum Gasteiger partial charge on any atom is 0.325 e. The van der Waals surface area contributed by atoms with E-state index in [4.69, 9.17) is 5.11 Å². The van der Waals surface area contributed by atoms with Gasteiger partial charge in [-0.2, -0.15) is 0 Å². The highest BCUT2D eigenvalue weighted by atomic mass is 32.2. The van der Waals surface area contributed by atoms with Crippen LogP contribution in [0.4, 0.5) is 0 Å². The lowest BCUT2D eigenvalue weighted by atomic mass is 10.1. The molecule has 0 radical (unpaired) electrons. The topological polar surface area (TPSA) is 83.5 Å². The summed E-state index contributed by atoms with van der Waals surface area (Å²) in [6.07, 6.45) is 1.13. The van der Waals surface area contributed by atoms with E-state index in [0.717, 1.165) is 6.26 Å². The Bertz CT molecular complexity index is 498. The van der Waals surface area contributed by atoms with E-state index in [1.165, 1.54) is 0 Å². The van der Waals surface area contributed by atoms with Crippen molar-refractivity contribution in [1.82, 2.24) is 5.32 Å². The van der Waals surface area contributed by atoms with Crippen LogP contribution in [0, 0.1) is 0 Å². The zero-order chi connectivity index (χ0) is 13.8. The Morgan fingerprint density at radius 2 is 1.89 bits per heavy atom. The van der Waals surface area contributed by atoms with Gasteiger partial charge in [0.25, 0.3) is 0 Å². The smallest absolute Gasteiger partial charge is 0.325 e. The van der Waals surface area contributed by atoms with Crippen LogP contribution in [-0.2, 0) is 14.6 Å². The Morgan fingerprint density at radius 1 is 1.33 bits per heavy atom. The minimum atomic E-state index is -3.13. The van der Waals surface area contributed by atoms with E-state index in [0.29, 0.717) is 5.56 Å². The zero-order valence-electron chi connectivity index (χ0n) is 10.3. The highest BCUT2D eigenvalue weighted by Gasteiger charge is 2.22. The van der Waals surface area contributed by atoms with Gasteiger partial charge >= 0.3 is 5.97 Å². The van der Waals surface area contributed by atoms with Crippen molar-refractivity contribution in [2.45, 2.75) is 19.0 Å². The van der Waals surface area contributed by atoms with Gasteiger partial charge in [-0.25, -0.2) is 8.42 Å². The van der Waals surface area contributed by atoms with Crippen LogP contribution in [0.3, 0.4) is 0 Å². The molecule has 1 aromatic rings. The molecule has 0 aliphatic heterocycles. The summed E-state index contributed by atoms with van der Waals surface area (Å²) in [6, 6.07) is 7.34. The highest BCUT2D eigenvalue weighted by molar-refractivity contribution is 7.90. The first-order valence-corrected chi connectivity index (χ1v) is 7.57. The Balaban J connectivity index is 2.80. The summed E-state index contributed by atoms with van der Waals surface area (Å²) in [5, 5.41) is 12.0. The van der Waals surface area contributed by atoms with Gasteiger partial charge in [0.15, 0.2) is 0 Å². The third-order valence-corrected chi connectivity index (χ3v) is 3.49. The monoisotopic (exact) mass is 271 g/mol. The molecule has 1 aromatic carbocycles. The van der Waals surface area contributed by atoms with Gasteiger partial charge in [-0.1, -0.05) is 30.3 Å². The van der Waals surface area contributed by atoms with Gasteiger partial charge in [-0.05, 0) is 12.5 Å². The van der Waals surface area contributed by atoms with Crippen molar-refractivity contribution < 1.29 is 18.3 Å². The predicted molar refractivity (Wildman–Crippen MR) is 69.1 cm³/mol. The number of sulfone groups is 1. The molecule has 0 saturated heterocycles. The summed E-state index contributed by atoms with van der Waals surface area (Å²) in [7, 11) is -3.13. The average Bonchev–Trinajstić information content (AvgIpc) is 2.24. The van der Waals surface area contributed by atoms with E-state index >= 15 is 0 Å². The molecule has 2 atom stereocenters. The van der Waals surface area contributed by atoms with E-state index in [1.54, 1.807) is 37.3 Å². The van der Waals surface area contributed by atoms with Crippen LogP contribution >= 0.6 is 0 Å². The molecular formula is C12H17NO4S. The van der Waals surface area contributed by atoms with Crippen LogP contribution in [0.5, 0.6) is 0 Å². The lowest BCUT2D eigenvalue weighted by Gasteiger charge is -2.19. The summed E-state index contributed by atoms with van der Waals surface area (Å²) in [5.41, 5.74) is 0.602. The van der Waals surface area contributed by atoms with Gasteiger partial charge in [-0.3, -0.25) is 10.1 Å². The largest absolute Gasteiger partial charge is 0.480 e. The van der Waals surface area contributed by atoms with E-state index in [2.05, 4.69) is 5.32 Å². The van der Waals surface area contributed by atoms with Crippen molar-refractivity contribution in [2.75, 3.05) is 12.0 Å². The first-order valence-electron chi connectivity index (χ1n) is 5.51. The second kappa shape index (κ2) is 5.97. The third kappa shape index (κ3) is 4.85. The second-order valence-corrected chi connectivity index (χ2v) is 6.53. The van der Waals surface area contributed by atoms with Crippen LogP contribution < -0.4 is 5.32 Å². The maximum atomic E-state index is 11.2. The number of benzene rings is 1. The van der Waals surface area contributed by atoms with E-state index in [1.807, 2.05) is 0 Å². The Kier molecular flexibility index (Phi) is 4.86. The van der Waals surface area contributed by atoms with Gasteiger partial charge in [0, 0.05) is 12.3 Å². The van der Waals surface area contributed by atoms with Crippen molar-refractivity contribution in [3.05, 3.63) is 35.9 Å². The molecule has 0 spiro atoms. The van der Waals surface area contributed by atoms with Gasteiger partial charge in [0.2, 0.25) is 0 Å². The number of nitrogens with one attached hydrogen (secondary N) is 1. The minimum absolute atomic E-state index is 0.0936. The number of hydrogen-bond donors (Lipinski definition) is 2. The van der Waals surface area contributed by atoms with Crippen molar-refractivity contribution in [1.29, 1.82) is 0 Å². The minimum Gasteiger partial charge on any atom is -0.480 e. The number of hydrogen-bond acceptors (Lipinski definition) is 4. The molecule has 18 heavy (non-hydrogen) atoms. The Labute approximate surface area is 107 Å². The van der Waals surface area contributed by atoms with Gasteiger partial charge in [0.1, 0.15) is 15.9 Å². The molecule has 6 heteroatoms. The van der Waals surface area contributed by atoms with Crippen LogP contribution in [0.25, 0.3) is 0 Å². The van der Waals surface area contributed by atoms with Gasteiger partial charge in [-0.15, -0.1) is 0 Å². The number of carboxylic acid groups (broad SMARTS) is 1. The molecule has 5 nitrogen and oxygen atoms in total. The molecule has 1 rings (SSSR count).